The molecule has 0 saturated carbocycles. The summed E-state index contributed by atoms with van der Waals surface area (Å²) < 4.78 is 12.1. The van der Waals surface area contributed by atoms with Gasteiger partial charge in [-0.2, -0.15) is 0 Å². The Morgan fingerprint density at radius 2 is 1.52 bits per heavy atom. The number of hydrogen-bond donors (Lipinski definition) is 1. The van der Waals surface area contributed by atoms with E-state index in [1.165, 1.54) is 0 Å². The highest BCUT2D eigenvalue weighted by Crippen LogP contribution is 2.41. The van der Waals surface area contributed by atoms with Crippen LogP contribution in [-0.4, -0.2) is 52.8 Å². The van der Waals surface area contributed by atoms with Crippen LogP contribution in [0.25, 0.3) is 5.76 Å². The number of hydrogen-bond acceptors (Lipinski definition) is 6. The number of likely N-dealkylation sites (N-methyl/N-ethyl adjacent to an activating group) is 1. The third-order valence-electron chi connectivity index (χ3n) is 7.93. The van der Waals surface area contributed by atoms with Crippen LogP contribution in [0.2, 0.25) is 0 Å². The van der Waals surface area contributed by atoms with Crippen molar-refractivity contribution in [2.45, 2.75) is 33.4 Å². The van der Waals surface area contributed by atoms with E-state index in [-0.39, 0.29) is 11.3 Å². The van der Waals surface area contributed by atoms with Gasteiger partial charge in [0, 0.05) is 18.7 Å². The lowest BCUT2D eigenvalue weighted by molar-refractivity contribution is -0.140. The number of nitrogens with zero attached hydrogens (tertiary/aromatic N) is 2. The molecule has 0 aromatic heterocycles. The Morgan fingerprint density at radius 1 is 0.841 bits per heavy atom. The van der Waals surface area contributed by atoms with Gasteiger partial charge in [0.25, 0.3) is 11.7 Å². The maximum Gasteiger partial charge on any atom is 0.295 e. The molecule has 1 fully saturated rings. The van der Waals surface area contributed by atoms with E-state index in [0.717, 1.165) is 24.2 Å². The van der Waals surface area contributed by atoms with Gasteiger partial charge in [-0.25, -0.2) is 0 Å². The maximum atomic E-state index is 13.6. The van der Waals surface area contributed by atoms with E-state index in [1.807, 2.05) is 91.9 Å². The summed E-state index contributed by atoms with van der Waals surface area (Å²) in [5.74, 6) is 0.364. The van der Waals surface area contributed by atoms with Crippen molar-refractivity contribution in [1.29, 1.82) is 0 Å². The van der Waals surface area contributed by atoms with E-state index < -0.39 is 17.7 Å². The predicted octanol–water partition coefficient (Wildman–Crippen LogP) is 7.13. The van der Waals surface area contributed by atoms with E-state index in [2.05, 4.69) is 18.7 Å². The molecule has 7 nitrogen and oxygen atoms in total. The fourth-order valence-electron chi connectivity index (χ4n) is 5.47. The number of rotatable bonds is 12. The molecule has 4 aromatic rings. The minimum absolute atomic E-state index is 0.0590. The summed E-state index contributed by atoms with van der Waals surface area (Å²) in [6.07, 6.45) is 0. The van der Waals surface area contributed by atoms with Gasteiger partial charge in [0.1, 0.15) is 29.6 Å². The van der Waals surface area contributed by atoms with E-state index in [1.54, 1.807) is 23.1 Å². The zero-order chi connectivity index (χ0) is 31.1. The molecule has 44 heavy (non-hydrogen) atoms. The van der Waals surface area contributed by atoms with Gasteiger partial charge in [-0.15, -0.1) is 0 Å². The standard InChI is InChI=1S/C37H38N2O5/c1-4-38(5-2)21-22-39-34(28-15-12-18-31(24-28)44-30-16-10-7-11-17-30)33(36(41)37(39)42)35(40)29-19-20-32(26(3)23-29)43-25-27-13-8-6-9-14-27/h6-20,23-24,34,40H,4-5,21-22,25H2,1-3H3/b35-33+/t34-/m0/s1. The van der Waals surface area contributed by atoms with Gasteiger partial charge in [0.15, 0.2) is 0 Å². The highest BCUT2D eigenvalue weighted by molar-refractivity contribution is 6.46. The lowest BCUT2D eigenvalue weighted by atomic mass is 9.94. The van der Waals surface area contributed by atoms with Gasteiger partial charge >= 0.3 is 0 Å². The van der Waals surface area contributed by atoms with Crippen molar-refractivity contribution in [3.63, 3.8) is 0 Å². The molecule has 1 amide bonds. The molecule has 0 spiro atoms. The highest BCUT2D eigenvalue weighted by Gasteiger charge is 2.46. The Morgan fingerprint density at radius 3 is 2.20 bits per heavy atom. The molecular formula is C37H38N2O5. The van der Waals surface area contributed by atoms with Crippen LogP contribution in [-0.2, 0) is 16.2 Å². The first-order valence-electron chi connectivity index (χ1n) is 15.0. The number of ketones is 1. The minimum Gasteiger partial charge on any atom is -0.507 e. The fourth-order valence-corrected chi connectivity index (χ4v) is 5.47. The van der Waals surface area contributed by atoms with Crippen molar-refractivity contribution >= 4 is 17.4 Å². The molecule has 1 aliphatic heterocycles. The third kappa shape index (κ3) is 6.84. The second-order valence-electron chi connectivity index (χ2n) is 10.8. The normalized spacial score (nSPS) is 16.0. The predicted molar refractivity (Wildman–Crippen MR) is 172 cm³/mol. The van der Waals surface area contributed by atoms with Crippen LogP contribution >= 0.6 is 0 Å². The van der Waals surface area contributed by atoms with Crippen molar-refractivity contribution in [2.75, 3.05) is 26.2 Å². The summed E-state index contributed by atoms with van der Waals surface area (Å²) in [4.78, 5) is 30.9. The summed E-state index contributed by atoms with van der Waals surface area (Å²) in [6.45, 7) is 9.01. The van der Waals surface area contributed by atoms with Crippen LogP contribution in [0.1, 0.15) is 42.1 Å². The van der Waals surface area contributed by atoms with Crippen molar-refractivity contribution in [2.24, 2.45) is 0 Å². The Labute approximate surface area is 259 Å². The molecule has 7 heteroatoms. The Bertz CT molecular complexity index is 1630. The number of amides is 1. The van der Waals surface area contributed by atoms with Crippen molar-refractivity contribution in [3.05, 3.63) is 131 Å². The number of aliphatic hydroxyl groups excluding tert-OH is 1. The summed E-state index contributed by atoms with van der Waals surface area (Å²) in [6, 6.07) is 31.1. The first-order chi connectivity index (χ1) is 21.4. The average Bonchev–Trinajstić information content (AvgIpc) is 3.30. The van der Waals surface area contributed by atoms with Gasteiger partial charge in [0.05, 0.1) is 11.6 Å². The lowest BCUT2D eigenvalue weighted by Gasteiger charge is -2.28. The molecule has 0 radical (unpaired) electrons. The average molecular weight is 591 g/mol. The molecule has 226 valence electrons. The van der Waals surface area contributed by atoms with Gasteiger partial charge < -0.3 is 24.4 Å². The van der Waals surface area contributed by atoms with Crippen LogP contribution in [0.3, 0.4) is 0 Å². The van der Waals surface area contributed by atoms with Crippen molar-refractivity contribution in [1.82, 2.24) is 9.80 Å². The van der Waals surface area contributed by atoms with Gasteiger partial charge in [0.2, 0.25) is 0 Å². The first kappa shape index (κ1) is 30.6. The Balaban J connectivity index is 1.50. The zero-order valence-electron chi connectivity index (χ0n) is 25.4. The number of likely N-dealkylation sites (tertiary alicyclic amines) is 1. The van der Waals surface area contributed by atoms with Crippen LogP contribution in [0.5, 0.6) is 17.2 Å². The molecule has 1 heterocycles. The first-order valence-corrected chi connectivity index (χ1v) is 15.0. The van der Waals surface area contributed by atoms with Crippen molar-refractivity contribution in [3.8, 4) is 17.2 Å². The fraction of sp³-hybridized carbons (Fsp3) is 0.243. The highest BCUT2D eigenvalue weighted by atomic mass is 16.5. The number of ether oxygens (including phenoxy) is 2. The smallest absolute Gasteiger partial charge is 0.295 e. The van der Waals surface area contributed by atoms with Crippen LogP contribution in [0.15, 0.2) is 109 Å². The molecule has 4 aromatic carbocycles. The number of aliphatic hydroxyl groups is 1. The number of Topliss-reactive ketones (excluding diaryl/α,β-unsaturated/α-hetero) is 1. The quantitative estimate of drug-likeness (QED) is 0.107. The number of aryl methyl sites for hydroxylation is 1. The summed E-state index contributed by atoms with van der Waals surface area (Å²) in [5, 5.41) is 11.7. The van der Waals surface area contributed by atoms with Crippen LogP contribution in [0, 0.1) is 6.92 Å². The molecule has 0 bridgehead atoms. The molecule has 1 atom stereocenters. The zero-order valence-corrected chi connectivity index (χ0v) is 25.4. The summed E-state index contributed by atoms with van der Waals surface area (Å²) in [7, 11) is 0. The largest absolute Gasteiger partial charge is 0.507 e. The van der Waals surface area contributed by atoms with Gasteiger partial charge in [-0.3, -0.25) is 9.59 Å². The van der Waals surface area contributed by atoms with E-state index in [0.29, 0.717) is 48.1 Å². The Hall–Kier alpha value is -4.88. The van der Waals surface area contributed by atoms with Gasteiger partial charge in [-0.05, 0) is 79.2 Å². The second kappa shape index (κ2) is 14.1. The molecule has 0 aliphatic carbocycles. The van der Waals surface area contributed by atoms with Gasteiger partial charge in [-0.1, -0.05) is 74.5 Å². The molecule has 1 saturated heterocycles. The topological polar surface area (TPSA) is 79.3 Å². The van der Waals surface area contributed by atoms with E-state index in [4.69, 9.17) is 9.47 Å². The van der Waals surface area contributed by atoms with Crippen LogP contribution in [0.4, 0.5) is 0 Å². The SMILES string of the molecule is CCN(CC)CCN1C(=O)C(=O)/C(=C(/O)c2ccc(OCc3ccccc3)c(C)c2)[C@@H]1c1cccc(Oc2ccccc2)c1. The minimum atomic E-state index is -0.779. The number of carbonyl (C=O) groups excluding carboxylic acids is 2. The lowest BCUT2D eigenvalue weighted by Crippen LogP contribution is -2.38. The second-order valence-corrected chi connectivity index (χ2v) is 10.8. The third-order valence-corrected chi connectivity index (χ3v) is 7.93. The van der Waals surface area contributed by atoms with E-state index in [9.17, 15) is 14.7 Å². The Kier molecular flexibility index (Phi) is 9.77. The maximum absolute atomic E-state index is 13.6. The molecular weight excluding hydrogens is 552 g/mol. The molecule has 0 unspecified atom stereocenters. The number of benzene rings is 4. The number of carbonyl (C=O) groups is 2. The van der Waals surface area contributed by atoms with Crippen molar-refractivity contribution < 1.29 is 24.2 Å². The molecule has 1 aliphatic rings. The van der Waals surface area contributed by atoms with Crippen LogP contribution < -0.4 is 9.47 Å². The summed E-state index contributed by atoms with van der Waals surface area (Å²) >= 11 is 0. The monoisotopic (exact) mass is 590 g/mol. The van der Waals surface area contributed by atoms with E-state index >= 15 is 0 Å². The molecule has 5 rings (SSSR count). The summed E-state index contributed by atoms with van der Waals surface area (Å²) in [5.41, 5.74) is 3.03. The number of para-hydroxylation sites is 1. The molecule has 1 N–H and O–H groups in total.